The molecule has 534 valence electrons. The van der Waals surface area contributed by atoms with Gasteiger partial charge >= 0.3 is 12.1 Å². The first-order valence-electron chi connectivity index (χ1n) is 36.3. The van der Waals surface area contributed by atoms with Crippen LogP contribution in [0.5, 0.6) is 23.0 Å². The van der Waals surface area contributed by atoms with Crippen molar-refractivity contribution in [2.75, 3.05) is 158 Å². The number of hydrogen-bond acceptors (Lipinski definition) is 18. The molecule has 0 spiro atoms. The van der Waals surface area contributed by atoms with E-state index >= 15 is 9.59 Å². The molecule has 0 radical (unpaired) electrons. The summed E-state index contributed by atoms with van der Waals surface area (Å²) in [5.74, 6) is 2.41. The van der Waals surface area contributed by atoms with Crippen molar-refractivity contribution in [2.24, 2.45) is 0 Å². The van der Waals surface area contributed by atoms with Crippen LogP contribution in [0.2, 0.25) is 0 Å². The van der Waals surface area contributed by atoms with Crippen LogP contribution in [-0.4, -0.2) is 229 Å². The van der Waals surface area contributed by atoms with Crippen molar-refractivity contribution in [3.63, 3.8) is 0 Å². The van der Waals surface area contributed by atoms with E-state index in [-0.39, 0.29) is 64.7 Å². The molecule has 14 rings (SSSR count). The van der Waals surface area contributed by atoms with Gasteiger partial charge in [-0.1, -0.05) is 84.9 Å². The lowest BCUT2D eigenvalue weighted by Gasteiger charge is -2.52. The van der Waals surface area contributed by atoms with Crippen molar-refractivity contribution < 1.29 is 47.5 Å². The van der Waals surface area contributed by atoms with Crippen LogP contribution in [0.4, 0.5) is 9.59 Å². The van der Waals surface area contributed by atoms with Crippen LogP contribution in [0, 0.1) is 0 Å². The lowest BCUT2D eigenvalue weighted by Crippen LogP contribution is -2.64. The minimum Gasteiger partial charge on any atom is -0.491 e. The van der Waals surface area contributed by atoms with Gasteiger partial charge in [-0.3, -0.25) is 49.3 Å². The molecule has 4 amide bonds. The zero-order chi connectivity index (χ0) is 69.2. The minimum absolute atomic E-state index is 0.0710. The number of pyridine rings is 4. The maximum atomic E-state index is 16.5. The van der Waals surface area contributed by atoms with Gasteiger partial charge < -0.3 is 47.7 Å². The highest BCUT2D eigenvalue weighted by Crippen LogP contribution is 2.66. The van der Waals surface area contributed by atoms with Gasteiger partial charge in [-0.15, -0.1) is 0 Å². The Morgan fingerprint density at radius 1 is 0.314 bits per heavy atom. The van der Waals surface area contributed by atoms with E-state index in [0.29, 0.717) is 102 Å². The number of carbonyl (C=O) groups excluding carboxylic acids is 2. The van der Waals surface area contributed by atoms with Crippen molar-refractivity contribution in [3.05, 3.63) is 239 Å². The van der Waals surface area contributed by atoms with Crippen LogP contribution >= 0.6 is 0 Å². The van der Waals surface area contributed by atoms with Crippen LogP contribution in [0.1, 0.15) is 56.2 Å². The fraction of sp³-hybridized carbons (Fsp3) is 0.425. The topological polar surface area (TPSA) is 185 Å². The predicted molar refractivity (Wildman–Crippen MR) is 385 cm³/mol. The normalized spacial score (nSPS) is 20.3. The fourth-order valence-corrected chi connectivity index (χ4v) is 15.4. The van der Waals surface area contributed by atoms with Crippen molar-refractivity contribution in [3.8, 4) is 23.0 Å². The Balaban J connectivity index is 0.780. The number of aromatic nitrogens is 4. The van der Waals surface area contributed by atoms with Crippen LogP contribution in [0.25, 0.3) is 0 Å². The summed E-state index contributed by atoms with van der Waals surface area (Å²) in [6.45, 7) is 13.8. The molecule has 0 saturated carbocycles. The standard InChI is InChI=1S/C80H94N12O10/c93-77-89-59-69-71-61-91(77)80(64-17-5-2-6-18-64)79(89,63-15-3-1-4-16-63)90-60-70-72(62-92(80)78(90)94)76-26-24-74(70)100-56-52-96-48-44-87(41-39-85(35-27-65-19-7-11-31-81-65)36-28-66-20-8-12-32-82-66)43-47-95-51-55-99-73(69)23-25-75(71)101-57-53-97-49-45-88(46-50-98-54-58-102-76)42-40-86(37-29-67-21-9-13-33-83-67)38-30-68-22-10-14-34-84-68/h1-26,31-34H,27-30,35-62H2. The molecule has 2 fully saturated rings. The number of carbonyl (C=O) groups is 2. The van der Waals surface area contributed by atoms with Crippen molar-refractivity contribution in [1.82, 2.24) is 59.1 Å². The lowest BCUT2D eigenvalue weighted by molar-refractivity contribution is -0.0922. The van der Waals surface area contributed by atoms with Gasteiger partial charge in [0.2, 0.25) is 0 Å². The van der Waals surface area contributed by atoms with Crippen molar-refractivity contribution in [1.29, 1.82) is 0 Å². The summed E-state index contributed by atoms with van der Waals surface area (Å²) in [7, 11) is 0. The maximum Gasteiger partial charge on any atom is 0.325 e. The first-order valence-corrected chi connectivity index (χ1v) is 36.3. The minimum atomic E-state index is -1.47. The molecule has 0 N–H and O–H groups in total. The van der Waals surface area contributed by atoms with Gasteiger partial charge in [-0.05, 0) is 72.8 Å². The van der Waals surface area contributed by atoms with Gasteiger partial charge in [-0.2, -0.15) is 0 Å². The molecular formula is C80H94N12O10. The highest BCUT2D eigenvalue weighted by atomic mass is 16.5. The van der Waals surface area contributed by atoms with Gasteiger partial charge in [0.1, 0.15) is 49.4 Å². The molecule has 4 aromatic heterocycles. The highest BCUT2D eigenvalue weighted by molar-refractivity contribution is 5.91. The van der Waals surface area contributed by atoms with Crippen LogP contribution in [-0.2, 0) is 82.1 Å². The van der Waals surface area contributed by atoms with Gasteiger partial charge in [-0.25, -0.2) is 9.59 Å². The number of amides is 4. The monoisotopic (exact) mass is 1380 g/mol. The molecule has 4 aromatic carbocycles. The Morgan fingerprint density at radius 2 is 0.588 bits per heavy atom. The van der Waals surface area contributed by atoms with Gasteiger partial charge in [0.15, 0.2) is 11.3 Å². The number of urea groups is 2. The Morgan fingerprint density at radius 3 is 0.853 bits per heavy atom. The van der Waals surface area contributed by atoms with Crippen molar-refractivity contribution >= 4 is 12.1 Å². The second kappa shape index (κ2) is 34.2. The second-order valence-electron chi connectivity index (χ2n) is 26.5. The summed E-state index contributed by atoms with van der Waals surface area (Å²) >= 11 is 0. The van der Waals surface area contributed by atoms with E-state index in [1.165, 1.54) is 0 Å². The largest absolute Gasteiger partial charge is 0.491 e. The summed E-state index contributed by atoms with van der Waals surface area (Å²) in [4.78, 5) is 68.9. The van der Waals surface area contributed by atoms with Crippen LogP contribution < -0.4 is 18.9 Å². The zero-order valence-electron chi connectivity index (χ0n) is 58.4. The second-order valence-corrected chi connectivity index (χ2v) is 26.5. The number of nitrogens with zero attached hydrogens (tertiary/aromatic N) is 12. The Hall–Kier alpha value is -9.10. The first-order chi connectivity index (χ1) is 50.4. The molecule has 0 unspecified atom stereocenters. The first kappa shape index (κ1) is 70.0. The van der Waals surface area contributed by atoms with Crippen LogP contribution in [0.15, 0.2) is 183 Å². The molecule has 8 bridgehead atoms. The highest BCUT2D eigenvalue weighted by Gasteiger charge is 2.81. The Kier molecular flexibility index (Phi) is 23.5. The molecular weight excluding hydrogens is 1290 g/mol. The van der Waals surface area contributed by atoms with Gasteiger partial charge in [0, 0.05) is 185 Å². The Bertz CT molecular complexity index is 3520. The van der Waals surface area contributed by atoms with Gasteiger partial charge in [0.25, 0.3) is 0 Å². The fourth-order valence-electron chi connectivity index (χ4n) is 15.4. The van der Waals surface area contributed by atoms with E-state index in [4.69, 9.17) is 37.9 Å². The number of benzene rings is 4. The van der Waals surface area contributed by atoms with Gasteiger partial charge in [0.05, 0.1) is 79.0 Å². The predicted octanol–water partition coefficient (Wildman–Crippen LogP) is 8.96. The summed E-state index contributed by atoms with van der Waals surface area (Å²) in [5, 5.41) is 0. The Labute approximate surface area is 598 Å². The van der Waals surface area contributed by atoms with E-state index in [9.17, 15) is 0 Å². The molecule has 6 aliphatic rings. The zero-order valence-corrected chi connectivity index (χ0v) is 58.4. The lowest BCUT2D eigenvalue weighted by atomic mass is 9.77. The number of hydrogen-bond donors (Lipinski definition) is 0. The molecule has 6 aliphatic heterocycles. The van der Waals surface area contributed by atoms with Crippen molar-refractivity contribution in [2.45, 2.75) is 63.2 Å². The van der Waals surface area contributed by atoms with E-state index in [2.05, 4.69) is 63.8 Å². The molecule has 0 atom stereocenters. The van der Waals surface area contributed by atoms with E-state index in [1.54, 1.807) is 0 Å². The maximum absolute atomic E-state index is 16.5. The molecule has 22 heteroatoms. The third-order valence-electron chi connectivity index (χ3n) is 20.5. The quantitative estimate of drug-likeness (QED) is 0.0703. The van der Waals surface area contributed by atoms with E-state index in [1.807, 2.05) is 178 Å². The van der Waals surface area contributed by atoms with E-state index < -0.39 is 11.3 Å². The molecule has 2 saturated heterocycles. The number of rotatable bonds is 20. The number of ether oxygens (including phenoxy) is 8. The molecule has 22 nitrogen and oxygen atoms in total. The third-order valence-corrected chi connectivity index (χ3v) is 20.5. The van der Waals surface area contributed by atoms with Crippen LogP contribution in [0.3, 0.4) is 0 Å². The molecule has 10 heterocycles. The van der Waals surface area contributed by atoms with E-state index in [0.717, 1.165) is 134 Å². The average Bonchev–Trinajstić information content (AvgIpc) is 1.47. The molecule has 102 heavy (non-hydrogen) atoms. The third kappa shape index (κ3) is 15.8. The average molecular weight is 1380 g/mol. The SMILES string of the molecule is O=C1N2Cc3c4ccc5c3CN1C1(c3ccccc3)N3Cc6c(ccc(c6CN(C3=O)C21c1ccccc1)OCCOCCN(CCN(CCc1ccccn1)CCc1ccccn1)CCOCCO4)OCCOCCN(CCN(CCc1ccccn1)CCc1ccccn1)CCOCCO5. The summed E-state index contributed by atoms with van der Waals surface area (Å²) in [6, 6.07) is 51.8. The summed E-state index contributed by atoms with van der Waals surface area (Å²) in [6.07, 6.45) is 10.8. The smallest absolute Gasteiger partial charge is 0.325 e. The summed E-state index contributed by atoms with van der Waals surface area (Å²) < 4.78 is 53.5. The summed E-state index contributed by atoms with van der Waals surface area (Å²) in [5.41, 5.74) is 6.03. The molecule has 0 aliphatic carbocycles. The molecule has 8 aromatic rings.